The molecule has 3 rings (SSSR count). The minimum absolute atomic E-state index is 0.931. The fourth-order valence-electron chi connectivity index (χ4n) is 1.93. The van der Waals surface area contributed by atoms with Crippen LogP contribution in [0.4, 0.5) is 0 Å². The van der Waals surface area contributed by atoms with E-state index in [1.807, 2.05) is 30.7 Å². The molecule has 0 aliphatic rings. The molecule has 0 saturated carbocycles. The summed E-state index contributed by atoms with van der Waals surface area (Å²) in [4.78, 5) is 8.82. The average molecular weight is 197 g/mol. The Morgan fingerprint density at radius 1 is 1.20 bits per heavy atom. The van der Waals surface area contributed by atoms with Gasteiger partial charge < -0.3 is 0 Å². The van der Waals surface area contributed by atoms with E-state index < -0.39 is 0 Å². The fourth-order valence-corrected chi connectivity index (χ4v) is 1.93. The first-order valence-corrected chi connectivity index (χ1v) is 5.10. The molecule has 0 N–H and O–H groups in total. The van der Waals surface area contributed by atoms with Crippen molar-refractivity contribution in [3.63, 3.8) is 0 Å². The zero-order valence-electron chi connectivity index (χ0n) is 8.51. The van der Waals surface area contributed by atoms with E-state index in [0.29, 0.717) is 0 Å². The molecule has 0 aliphatic heterocycles. The van der Waals surface area contributed by atoms with Crippen LogP contribution in [-0.4, -0.2) is 14.4 Å². The van der Waals surface area contributed by atoms with Gasteiger partial charge in [-0.1, -0.05) is 19.1 Å². The largest absolute Gasteiger partial charge is 0.295 e. The Morgan fingerprint density at radius 2 is 2.07 bits per heavy atom. The molecule has 3 aromatic rings. The molecule has 0 bridgehead atoms. The Hall–Kier alpha value is -1.90. The smallest absolute Gasteiger partial charge is 0.0998 e. The highest BCUT2D eigenvalue weighted by molar-refractivity contribution is 5.79. The Bertz CT molecular complexity index is 625. The van der Waals surface area contributed by atoms with Crippen LogP contribution in [0.15, 0.2) is 36.8 Å². The van der Waals surface area contributed by atoms with Gasteiger partial charge in [0.15, 0.2) is 0 Å². The highest BCUT2D eigenvalue weighted by Gasteiger charge is 2.05. The zero-order valence-corrected chi connectivity index (χ0v) is 8.51. The third kappa shape index (κ3) is 1.13. The van der Waals surface area contributed by atoms with E-state index in [1.54, 1.807) is 0 Å². The Balaban J connectivity index is 2.57. The Labute approximate surface area is 87.4 Å². The lowest BCUT2D eigenvalue weighted by molar-refractivity contribution is 1.04. The number of imidazole rings is 1. The SMILES string of the molecule is CCc1nc2ccccc2n2cncc12. The molecule has 0 amide bonds. The summed E-state index contributed by atoms with van der Waals surface area (Å²) in [6.45, 7) is 2.12. The van der Waals surface area contributed by atoms with Crippen LogP contribution >= 0.6 is 0 Å². The lowest BCUT2D eigenvalue weighted by Crippen LogP contribution is -1.96. The highest BCUT2D eigenvalue weighted by atomic mass is 15.0. The third-order valence-electron chi connectivity index (χ3n) is 2.67. The molecule has 15 heavy (non-hydrogen) atoms. The van der Waals surface area contributed by atoms with Crippen molar-refractivity contribution in [2.75, 3.05) is 0 Å². The third-order valence-corrected chi connectivity index (χ3v) is 2.67. The molecule has 0 fully saturated rings. The van der Waals surface area contributed by atoms with E-state index >= 15 is 0 Å². The first-order chi connectivity index (χ1) is 7.40. The van der Waals surface area contributed by atoms with E-state index in [9.17, 15) is 0 Å². The van der Waals surface area contributed by atoms with Crippen LogP contribution in [0.5, 0.6) is 0 Å². The van der Waals surface area contributed by atoms with Gasteiger partial charge in [-0.2, -0.15) is 0 Å². The predicted molar refractivity (Wildman–Crippen MR) is 59.9 cm³/mol. The standard InChI is InChI=1S/C12H11N3/c1-2-9-12-7-13-8-15(12)11-6-4-3-5-10(11)14-9/h3-8H,2H2,1H3. The molecule has 74 valence electrons. The van der Waals surface area contributed by atoms with Crippen LogP contribution in [-0.2, 0) is 6.42 Å². The van der Waals surface area contributed by atoms with E-state index in [-0.39, 0.29) is 0 Å². The molecular formula is C12H11N3. The number of hydrogen-bond donors (Lipinski definition) is 0. The molecule has 1 aromatic carbocycles. The maximum Gasteiger partial charge on any atom is 0.0998 e. The number of rotatable bonds is 1. The second-order valence-electron chi connectivity index (χ2n) is 3.55. The number of fused-ring (bicyclic) bond motifs is 3. The van der Waals surface area contributed by atoms with Crippen molar-refractivity contribution >= 4 is 16.6 Å². The summed E-state index contributed by atoms with van der Waals surface area (Å²) >= 11 is 0. The predicted octanol–water partition coefficient (Wildman–Crippen LogP) is 2.44. The summed E-state index contributed by atoms with van der Waals surface area (Å²) in [5.74, 6) is 0. The van der Waals surface area contributed by atoms with Gasteiger partial charge in [0, 0.05) is 0 Å². The minimum atomic E-state index is 0.931. The molecule has 0 spiro atoms. The van der Waals surface area contributed by atoms with E-state index in [4.69, 9.17) is 0 Å². The van der Waals surface area contributed by atoms with Crippen molar-refractivity contribution in [3.05, 3.63) is 42.5 Å². The van der Waals surface area contributed by atoms with Crippen molar-refractivity contribution in [1.82, 2.24) is 14.4 Å². The zero-order chi connectivity index (χ0) is 10.3. The maximum absolute atomic E-state index is 4.63. The molecule has 0 aliphatic carbocycles. The first-order valence-electron chi connectivity index (χ1n) is 5.10. The summed E-state index contributed by atoms with van der Waals surface area (Å²) in [7, 11) is 0. The normalized spacial score (nSPS) is 11.3. The number of nitrogens with zero attached hydrogens (tertiary/aromatic N) is 3. The highest BCUT2D eigenvalue weighted by Crippen LogP contribution is 2.17. The van der Waals surface area contributed by atoms with Gasteiger partial charge in [0.25, 0.3) is 0 Å². The lowest BCUT2D eigenvalue weighted by Gasteiger charge is -2.05. The first kappa shape index (κ1) is 8.41. The quantitative estimate of drug-likeness (QED) is 0.599. The van der Waals surface area contributed by atoms with Crippen LogP contribution in [0, 0.1) is 0 Å². The van der Waals surface area contributed by atoms with Gasteiger partial charge in [-0.25, -0.2) is 9.97 Å². The van der Waals surface area contributed by atoms with E-state index in [1.165, 1.54) is 0 Å². The molecule has 0 atom stereocenters. The number of benzene rings is 1. The molecule has 2 aromatic heterocycles. The molecule has 0 saturated heterocycles. The van der Waals surface area contributed by atoms with Crippen molar-refractivity contribution in [2.24, 2.45) is 0 Å². The second-order valence-corrected chi connectivity index (χ2v) is 3.55. The Morgan fingerprint density at radius 3 is 2.93 bits per heavy atom. The molecule has 2 heterocycles. The Kier molecular flexibility index (Phi) is 1.71. The van der Waals surface area contributed by atoms with Gasteiger partial charge in [0.1, 0.15) is 0 Å². The van der Waals surface area contributed by atoms with E-state index in [0.717, 1.165) is 28.7 Å². The van der Waals surface area contributed by atoms with Crippen LogP contribution < -0.4 is 0 Å². The van der Waals surface area contributed by atoms with Gasteiger partial charge >= 0.3 is 0 Å². The van der Waals surface area contributed by atoms with Gasteiger partial charge in [0.2, 0.25) is 0 Å². The monoisotopic (exact) mass is 197 g/mol. The molecule has 0 unspecified atom stereocenters. The maximum atomic E-state index is 4.63. The van der Waals surface area contributed by atoms with Gasteiger partial charge in [-0.05, 0) is 18.6 Å². The van der Waals surface area contributed by atoms with Crippen LogP contribution in [0.25, 0.3) is 16.6 Å². The van der Waals surface area contributed by atoms with Gasteiger partial charge in [-0.3, -0.25) is 4.40 Å². The van der Waals surface area contributed by atoms with Gasteiger partial charge in [0.05, 0.1) is 34.8 Å². The minimum Gasteiger partial charge on any atom is -0.295 e. The molecular weight excluding hydrogens is 186 g/mol. The van der Waals surface area contributed by atoms with Crippen molar-refractivity contribution in [3.8, 4) is 0 Å². The summed E-state index contributed by atoms with van der Waals surface area (Å²) in [5.41, 5.74) is 4.35. The summed E-state index contributed by atoms with van der Waals surface area (Å²) < 4.78 is 2.10. The molecule has 0 radical (unpaired) electrons. The van der Waals surface area contributed by atoms with Crippen molar-refractivity contribution in [2.45, 2.75) is 13.3 Å². The summed E-state index contributed by atoms with van der Waals surface area (Å²) in [5, 5.41) is 0. The number of para-hydroxylation sites is 2. The topological polar surface area (TPSA) is 30.2 Å². The van der Waals surface area contributed by atoms with Crippen molar-refractivity contribution < 1.29 is 0 Å². The number of hydrogen-bond acceptors (Lipinski definition) is 2. The summed E-state index contributed by atoms with van der Waals surface area (Å²) in [6, 6.07) is 8.14. The lowest BCUT2D eigenvalue weighted by atomic mass is 10.2. The number of aryl methyl sites for hydroxylation is 1. The summed E-state index contributed by atoms with van der Waals surface area (Å²) in [6.07, 6.45) is 4.65. The number of aromatic nitrogens is 3. The average Bonchev–Trinajstić information content (AvgIpc) is 2.77. The van der Waals surface area contributed by atoms with E-state index in [2.05, 4.69) is 27.4 Å². The molecule has 3 nitrogen and oxygen atoms in total. The van der Waals surface area contributed by atoms with Crippen LogP contribution in [0.2, 0.25) is 0 Å². The second kappa shape index (κ2) is 3.05. The van der Waals surface area contributed by atoms with Crippen LogP contribution in [0.3, 0.4) is 0 Å². The van der Waals surface area contributed by atoms with Crippen molar-refractivity contribution in [1.29, 1.82) is 0 Å². The fraction of sp³-hybridized carbons (Fsp3) is 0.167. The van der Waals surface area contributed by atoms with Gasteiger partial charge in [-0.15, -0.1) is 0 Å². The molecule has 3 heteroatoms. The van der Waals surface area contributed by atoms with Crippen LogP contribution in [0.1, 0.15) is 12.6 Å².